The Morgan fingerprint density at radius 2 is 1.13 bits per heavy atom. The molecule has 3 heterocycles. The third kappa shape index (κ3) is 4.97. The van der Waals surface area contributed by atoms with Gasteiger partial charge < -0.3 is 8.83 Å². The highest BCUT2D eigenvalue weighted by molar-refractivity contribution is 6.13. The van der Waals surface area contributed by atoms with E-state index in [-0.39, 0.29) is 0 Å². The fourth-order valence-electron chi connectivity index (χ4n) is 8.05. The summed E-state index contributed by atoms with van der Waals surface area (Å²) in [7, 11) is 0. The summed E-state index contributed by atoms with van der Waals surface area (Å²) < 4.78 is 13.2. The van der Waals surface area contributed by atoms with E-state index in [9.17, 15) is 0 Å². The Kier molecular flexibility index (Phi) is 6.92. The summed E-state index contributed by atoms with van der Waals surface area (Å²) >= 11 is 0. The van der Waals surface area contributed by atoms with E-state index in [0.29, 0.717) is 17.5 Å². The van der Waals surface area contributed by atoms with Crippen molar-refractivity contribution in [2.75, 3.05) is 0 Å². The Morgan fingerprint density at radius 3 is 1.98 bits per heavy atom. The normalized spacial score (nSPS) is 12.8. The summed E-state index contributed by atoms with van der Waals surface area (Å²) in [5.41, 5.74) is 10.6. The molecule has 0 N–H and O–H groups in total. The van der Waals surface area contributed by atoms with E-state index in [0.717, 1.165) is 106 Å². The smallest absolute Gasteiger partial charge is 0.164 e. The molecule has 5 nitrogen and oxygen atoms in total. The van der Waals surface area contributed by atoms with Crippen LogP contribution < -0.4 is 10.6 Å². The minimum atomic E-state index is 0.594. The van der Waals surface area contributed by atoms with Gasteiger partial charge in [0, 0.05) is 43.5 Å². The number of benzene rings is 7. The van der Waals surface area contributed by atoms with Gasteiger partial charge in [-0.2, -0.15) is 0 Å². The quantitative estimate of drug-likeness (QED) is 0.180. The number of furan rings is 2. The molecule has 1 aliphatic carbocycles. The monoisotopic (exact) mass is 693 g/mol. The second-order valence-corrected chi connectivity index (χ2v) is 13.8. The van der Waals surface area contributed by atoms with Crippen LogP contribution in [0.15, 0.2) is 167 Å². The van der Waals surface area contributed by atoms with Gasteiger partial charge in [0.05, 0.1) is 0 Å². The van der Waals surface area contributed by atoms with Crippen LogP contribution >= 0.6 is 0 Å². The molecule has 0 unspecified atom stereocenters. The van der Waals surface area contributed by atoms with Crippen LogP contribution in [0.2, 0.25) is 0 Å². The average Bonchev–Trinajstić information content (AvgIpc) is 3.83. The zero-order valence-corrected chi connectivity index (χ0v) is 29.2. The molecule has 54 heavy (non-hydrogen) atoms. The lowest BCUT2D eigenvalue weighted by Crippen LogP contribution is -2.27. The van der Waals surface area contributed by atoms with Crippen LogP contribution in [0, 0.1) is 0 Å². The van der Waals surface area contributed by atoms with E-state index in [1.807, 2.05) is 24.3 Å². The molecule has 0 aliphatic heterocycles. The first kappa shape index (κ1) is 30.5. The van der Waals surface area contributed by atoms with Crippen LogP contribution in [-0.4, -0.2) is 15.0 Å². The van der Waals surface area contributed by atoms with E-state index in [4.69, 9.17) is 23.8 Å². The first-order valence-corrected chi connectivity index (χ1v) is 18.3. The lowest BCUT2D eigenvalue weighted by Gasteiger charge is -2.13. The van der Waals surface area contributed by atoms with Crippen molar-refractivity contribution >= 4 is 55.3 Å². The molecular weight excluding hydrogens is 663 g/mol. The molecule has 0 atom stereocenters. The number of nitrogens with zero attached hydrogens (tertiary/aromatic N) is 3. The Hall–Kier alpha value is -7.11. The molecule has 7 aromatic carbocycles. The third-order valence-electron chi connectivity index (χ3n) is 10.6. The molecule has 0 bridgehead atoms. The second-order valence-electron chi connectivity index (χ2n) is 13.8. The second kappa shape index (κ2) is 12.2. The summed E-state index contributed by atoms with van der Waals surface area (Å²) in [4.78, 5) is 16.0. The Labute approximate surface area is 310 Å². The Bertz CT molecular complexity index is 3220. The van der Waals surface area contributed by atoms with Gasteiger partial charge in [0.15, 0.2) is 17.5 Å². The third-order valence-corrected chi connectivity index (χ3v) is 10.6. The van der Waals surface area contributed by atoms with Crippen molar-refractivity contribution in [2.45, 2.75) is 12.8 Å². The predicted octanol–water partition coefficient (Wildman–Crippen LogP) is 11.1. The van der Waals surface area contributed by atoms with E-state index >= 15 is 0 Å². The van der Waals surface area contributed by atoms with Crippen molar-refractivity contribution < 1.29 is 8.83 Å². The molecule has 0 amide bonds. The van der Waals surface area contributed by atoms with Gasteiger partial charge in [-0.05, 0) is 76.9 Å². The summed E-state index contributed by atoms with van der Waals surface area (Å²) in [5.74, 6) is 1.85. The summed E-state index contributed by atoms with van der Waals surface area (Å²) in [6.45, 7) is 0. The molecule has 0 spiro atoms. The van der Waals surface area contributed by atoms with Crippen LogP contribution in [0.4, 0.5) is 0 Å². The van der Waals surface area contributed by atoms with Gasteiger partial charge in [-0.1, -0.05) is 127 Å². The highest BCUT2D eigenvalue weighted by Gasteiger charge is 2.23. The van der Waals surface area contributed by atoms with Gasteiger partial charge in [0.25, 0.3) is 0 Å². The fraction of sp³-hybridized carbons (Fsp3) is 0.0408. The number of fused-ring (bicyclic) bond motifs is 8. The SMILES string of the molecule is C1=c2oc3c(ccc4ccccc43)c2=C(c2nc(-c3cccc(-c4ccccc4)c3)nc(-c3cc(-c4ccccc4)cc4oc5ccccc5c34)n2)CC1. The average molecular weight is 694 g/mol. The zero-order valence-electron chi connectivity index (χ0n) is 29.2. The molecular formula is C49H31N3O2. The Morgan fingerprint density at radius 1 is 0.444 bits per heavy atom. The van der Waals surface area contributed by atoms with Crippen LogP contribution in [0.3, 0.4) is 0 Å². The van der Waals surface area contributed by atoms with Crippen LogP contribution in [-0.2, 0) is 0 Å². The molecule has 11 rings (SSSR count). The van der Waals surface area contributed by atoms with Crippen molar-refractivity contribution in [3.05, 3.63) is 174 Å². The van der Waals surface area contributed by atoms with E-state index in [1.165, 1.54) is 0 Å². The minimum Gasteiger partial charge on any atom is -0.456 e. The van der Waals surface area contributed by atoms with Crippen molar-refractivity contribution in [1.82, 2.24) is 15.0 Å². The van der Waals surface area contributed by atoms with E-state index < -0.39 is 0 Å². The van der Waals surface area contributed by atoms with Gasteiger partial charge in [0.2, 0.25) is 0 Å². The topological polar surface area (TPSA) is 65.0 Å². The van der Waals surface area contributed by atoms with Crippen molar-refractivity contribution in [2.24, 2.45) is 0 Å². The van der Waals surface area contributed by atoms with Crippen molar-refractivity contribution in [3.63, 3.8) is 0 Å². The minimum absolute atomic E-state index is 0.594. The molecule has 5 heteroatoms. The van der Waals surface area contributed by atoms with Crippen molar-refractivity contribution in [1.29, 1.82) is 0 Å². The number of para-hydroxylation sites is 1. The lowest BCUT2D eigenvalue weighted by atomic mass is 9.97. The standard InChI is InChI=1S/C49H31N3O2/c1-3-13-30(14-4-1)33-18-11-19-34(27-33)47-50-48(39-22-12-24-42-45(39)38-26-25-32-17-7-8-20-36(32)46(38)54-42)52-49(51-47)40-28-35(31-15-5-2-6-16-31)29-43-44(40)37-21-9-10-23-41(37)53-43/h1-11,13-21,23-29H,12,22H2. The molecule has 0 fully saturated rings. The van der Waals surface area contributed by atoms with Crippen LogP contribution in [0.25, 0.3) is 100 Å². The lowest BCUT2D eigenvalue weighted by molar-refractivity contribution is 0.574. The highest BCUT2D eigenvalue weighted by atomic mass is 16.3. The van der Waals surface area contributed by atoms with Gasteiger partial charge in [-0.15, -0.1) is 0 Å². The van der Waals surface area contributed by atoms with Crippen LogP contribution in [0.1, 0.15) is 18.7 Å². The largest absolute Gasteiger partial charge is 0.456 e. The maximum atomic E-state index is 6.65. The molecule has 1 aliphatic rings. The maximum absolute atomic E-state index is 6.65. The summed E-state index contributed by atoms with van der Waals surface area (Å²) in [6, 6.07) is 54.5. The van der Waals surface area contributed by atoms with Gasteiger partial charge >= 0.3 is 0 Å². The first-order valence-electron chi connectivity index (χ1n) is 18.3. The maximum Gasteiger partial charge on any atom is 0.164 e. The number of aromatic nitrogens is 3. The molecule has 0 saturated carbocycles. The summed E-state index contributed by atoms with van der Waals surface area (Å²) in [5, 5.41) is 6.37. The van der Waals surface area contributed by atoms with Crippen LogP contribution in [0.5, 0.6) is 0 Å². The predicted molar refractivity (Wildman–Crippen MR) is 218 cm³/mol. The number of hydrogen-bond acceptors (Lipinski definition) is 5. The molecule has 3 aromatic heterocycles. The molecule has 10 aromatic rings. The van der Waals surface area contributed by atoms with Gasteiger partial charge in [0.1, 0.15) is 22.2 Å². The van der Waals surface area contributed by atoms with Gasteiger partial charge in [-0.25, -0.2) is 15.0 Å². The first-order chi connectivity index (χ1) is 26.7. The zero-order chi connectivity index (χ0) is 35.6. The molecule has 254 valence electrons. The Balaban J connectivity index is 1.23. The fourth-order valence-corrected chi connectivity index (χ4v) is 8.05. The number of hydrogen-bond donors (Lipinski definition) is 0. The van der Waals surface area contributed by atoms with Crippen molar-refractivity contribution in [3.8, 4) is 45.0 Å². The van der Waals surface area contributed by atoms with E-state index in [1.54, 1.807) is 0 Å². The van der Waals surface area contributed by atoms with Gasteiger partial charge in [-0.3, -0.25) is 0 Å². The van der Waals surface area contributed by atoms with E-state index in [2.05, 4.69) is 140 Å². The number of rotatable bonds is 5. The summed E-state index contributed by atoms with van der Waals surface area (Å²) in [6.07, 6.45) is 3.79. The molecule has 0 saturated heterocycles. The molecule has 0 radical (unpaired) electrons. The highest BCUT2D eigenvalue weighted by Crippen LogP contribution is 2.40.